The Kier molecular flexibility index (Phi) is 4.42. The Morgan fingerprint density at radius 3 is 2.47 bits per heavy atom. The molecule has 1 rings (SSSR count). The summed E-state index contributed by atoms with van der Waals surface area (Å²) in [5.41, 5.74) is -0.424. The molecule has 4 heteroatoms. The Morgan fingerprint density at radius 1 is 1.41 bits per heavy atom. The molecular formula is C13H26N2O2. The third-order valence-corrected chi connectivity index (χ3v) is 2.94. The Balaban J connectivity index is 2.72. The Morgan fingerprint density at radius 2 is 2.00 bits per heavy atom. The molecule has 1 fully saturated rings. The lowest BCUT2D eigenvalue weighted by Crippen LogP contribution is -2.59. The molecule has 1 saturated heterocycles. The summed E-state index contributed by atoms with van der Waals surface area (Å²) in [7, 11) is 0. The number of amides is 1. The molecule has 0 aromatic heterocycles. The van der Waals surface area contributed by atoms with Gasteiger partial charge in [0.1, 0.15) is 5.60 Å². The number of carbonyl (C=O) groups excluding carboxylic acids is 1. The normalized spacial score (nSPS) is 26.2. The predicted octanol–water partition coefficient (Wildman–Crippen LogP) is 2.24. The molecule has 1 N–H and O–H groups in total. The van der Waals surface area contributed by atoms with Gasteiger partial charge in [0.2, 0.25) is 0 Å². The summed E-state index contributed by atoms with van der Waals surface area (Å²) in [6.45, 7) is 13.6. The fraction of sp³-hybridized carbons (Fsp3) is 0.923. The first-order valence-corrected chi connectivity index (χ1v) is 6.43. The van der Waals surface area contributed by atoms with E-state index in [9.17, 15) is 4.79 Å². The van der Waals surface area contributed by atoms with Crippen molar-refractivity contribution in [2.75, 3.05) is 13.1 Å². The molecule has 1 heterocycles. The monoisotopic (exact) mass is 242 g/mol. The van der Waals surface area contributed by atoms with Gasteiger partial charge in [-0.1, -0.05) is 13.8 Å². The van der Waals surface area contributed by atoms with Gasteiger partial charge in [-0.25, -0.2) is 4.79 Å². The molecule has 0 bridgehead atoms. The molecule has 0 radical (unpaired) electrons. The van der Waals surface area contributed by atoms with Crippen LogP contribution in [0.25, 0.3) is 0 Å². The first-order chi connectivity index (χ1) is 7.70. The van der Waals surface area contributed by atoms with Crippen LogP contribution in [0.5, 0.6) is 0 Å². The van der Waals surface area contributed by atoms with Crippen LogP contribution in [0.3, 0.4) is 0 Å². The molecule has 1 aliphatic rings. The zero-order valence-corrected chi connectivity index (χ0v) is 11.9. The van der Waals surface area contributed by atoms with Crippen LogP contribution in [0.4, 0.5) is 4.79 Å². The predicted molar refractivity (Wildman–Crippen MR) is 69.0 cm³/mol. The molecular weight excluding hydrogens is 216 g/mol. The first kappa shape index (κ1) is 14.3. The van der Waals surface area contributed by atoms with Gasteiger partial charge in [0.15, 0.2) is 0 Å². The van der Waals surface area contributed by atoms with E-state index in [0.29, 0.717) is 12.0 Å². The number of ether oxygens (including phenoxy) is 1. The number of hydrogen-bond acceptors (Lipinski definition) is 3. The summed E-state index contributed by atoms with van der Waals surface area (Å²) < 4.78 is 5.47. The third kappa shape index (κ3) is 4.19. The molecule has 2 atom stereocenters. The van der Waals surface area contributed by atoms with Crippen molar-refractivity contribution >= 4 is 6.09 Å². The summed E-state index contributed by atoms with van der Waals surface area (Å²) >= 11 is 0. The zero-order chi connectivity index (χ0) is 13.2. The highest BCUT2D eigenvalue weighted by Crippen LogP contribution is 2.19. The Bertz CT molecular complexity index is 271. The molecule has 0 aliphatic carbocycles. The zero-order valence-electron chi connectivity index (χ0n) is 11.9. The van der Waals surface area contributed by atoms with E-state index in [0.717, 1.165) is 13.1 Å². The van der Waals surface area contributed by atoms with E-state index in [-0.39, 0.29) is 12.1 Å². The van der Waals surface area contributed by atoms with Crippen LogP contribution in [0.2, 0.25) is 0 Å². The Labute approximate surface area is 105 Å². The first-order valence-electron chi connectivity index (χ1n) is 6.43. The van der Waals surface area contributed by atoms with Crippen molar-refractivity contribution in [3.05, 3.63) is 0 Å². The molecule has 0 saturated carbocycles. The van der Waals surface area contributed by atoms with E-state index in [2.05, 4.69) is 26.1 Å². The van der Waals surface area contributed by atoms with E-state index in [1.165, 1.54) is 0 Å². The number of carbonyl (C=O) groups is 1. The average Bonchev–Trinajstić information content (AvgIpc) is 2.14. The van der Waals surface area contributed by atoms with Gasteiger partial charge in [0.05, 0.1) is 0 Å². The minimum absolute atomic E-state index is 0.190. The lowest BCUT2D eigenvalue weighted by atomic mass is 9.99. The van der Waals surface area contributed by atoms with Gasteiger partial charge in [-0.3, -0.25) is 0 Å². The second-order valence-electron chi connectivity index (χ2n) is 6.25. The summed E-state index contributed by atoms with van der Waals surface area (Å²) in [4.78, 5) is 14.0. The third-order valence-electron chi connectivity index (χ3n) is 2.94. The van der Waals surface area contributed by atoms with Gasteiger partial charge in [0.25, 0.3) is 0 Å². The minimum atomic E-state index is -0.424. The van der Waals surface area contributed by atoms with Crippen LogP contribution < -0.4 is 5.32 Å². The molecule has 4 nitrogen and oxygen atoms in total. The highest BCUT2D eigenvalue weighted by atomic mass is 16.6. The van der Waals surface area contributed by atoms with Gasteiger partial charge >= 0.3 is 6.09 Å². The van der Waals surface area contributed by atoms with Crippen LogP contribution in [0.1, 0.15) is 41.5 Å². The van der Waals surface area contributed by atoms with Crippen LogP contribution in [0, 0.1) is 5.92 Å². The minimum Gasteiger partial charge on any atom is -0.444 e. The molecule has 100 valence electrons. The molecule has 1 amide bonds. The number of piperazine rings is 1. The lowest BCUT2D eigenvalue weighted by molar-refractivity contribution is 0.00215. The molecule has 2 unspecified atom stereocenters. The summed E-state index contributed by atoms with van der Waals surface area (Å²) in [6.07, 6.45) is -0.190. The average molecular weight is 242 g/mol. The quantitative estimate of drug-likeness (QED) is 0.766. The van der Waals surface area contributed by atoms with Gasteiger partial charge < -0.3 is 15.0 Å². The van der Waals surface area contributed by atoms with E-state index in [1.807, 2.05) is 25.7 Å². The number of hydrogen-bond donors (Lipinski definition) is 1. The molecule has 0 aromatic rings. The van der Waals surface area contributed by atoms with Crippen LogP contribution in [-0.2, 0) is 4.74 Å². The standard InChI is InChI=1S/C13H26N2O2/c1-9(2)11-7-14-10(3)8-15(11)12(16)17-13(4,5)6/h9-11,14H,7-8H2,1-6H3. The van der Waals surface area contributed by atoms with Gasteiger partial charge in [-0.15, -0.1) is 0 Å². The van der Waals surface area contributed by atoms with E-state index in [4.69, 9.17) is 4.74 Å². The number of nitrogens with zero attached hydrogens (tertiary/aromatic N) is 1. The summed E-state index contributed by atoms with van der Waals surface area (Å²) in [5.74, 6) is 0.433. The summed E-state index contributed by atoms with van der Waals surface area (Å²) in [5, 5.41) is 3.41. The highest BCUT2D eigenvalue weighted by Gasteiger charge is 2.34. The summed E-state index contributed by atoms with van der Waals surface area (Å²) in [6, 6.07) is 0.554. The highest BCUT2D eigenvalue weighted by molar-refractivity contribution is 5.68. The van der Waals surface area contributed by atoms with Crippen molar-refractivity contribution in [2.24, 2.45) is 5.92 Å². The van der Waals surface area contributed by atoms with Crippen molar-refractivity contribution < 1.29 is 9.53 Å². The topological polar surface area (TPSA) is 41.6 Å². The molecule has 0 spiro atoms. The van der Waals surface area contributed by atoms with Crippen molar-refractivity contribution in [3.63, 3.8) is 0 Å². The van der Waals surface area contributed by atoms with E-state index in [1.54, 1.807) is 0 Å². The fourth-order valence-electron chi connectivity index (χ4n) is 2.05. The molecule has 17 heavy (non-hydrogen) atoms. The van der Waals surface area contributed by atoms with Gasteiger partial charge in [-0.05, 0) is 33.6 Å². The lowest BCUT2D eigenvalue weighted by Gasteiger charge is -2.41. The van der Waals surface area contributed by atoms with Crippen molar-refractivity contribution in [1.82, 2.24) is 10.2 Å². The van der Waals surface area contributed by atoms with Crippen molar-refractivity contribution in [2.45, 2.75) is 59.2 Å². The van der Waals surface area contributed by atoms with Crippen LogP contribution >= 0.6 is 0 Å². The molecule has 1 aliphatic heterocycles. The van der Waals surface area contributed by atoms with Crippen LogP contribution in [-0.4, -0.2) is 41.8 Å². The Hall–Kier alpha value is -0.770. The second-order valence-corrected chi connectivity index (χ2v) is 6.25. The van der Waals surface area contributed by atoms with Gasteiger partial charge in [-0.2, -0.15) is 0 Å². The van der Waals surface area contributed by atoms with Crippen molar-refractivity contribution in [3.8, 4) is 0 Å². The maximum absolute atomic E-state index is 12.2. The van der Waals surface area contributed by atoms with Crippen molar-refractivity contribution in [1.29, 1.82) is 0 Å². The smallest absolute Gasteiger partial charge is 0.410 e. The number of nitrogens with one attached hydrogen (secondary N) is 1. The maximum atomic E-state index is 12.2. The van der Waals surface area contributed by atoms with E-state index < -0.39 is 5.60 Å². The van der Waals surface area contributed by atoms with Gasteiger partial charge in [0, 0.05) is 25.2 Å². The van der Waals surface area contributed by atoms with E-state index >= 15 is 0 Å². The number of rotatable bonds is 1. The maximum Gasteiger partial charge on any atom is 0.410 e. The fourth-order valence-corrected chi connectivity index (χ4v) is 2.05. The largest absolute Gasteiger partial charge is 0.444 e. The molecule has 0 aromatic carbocycles. The second kappa shape index (κ2) is 5.25. The SMILES string of the molecule is CC1CN(C(=O)OC(C)(C)C)C(C(C)C)CN1. The van der Waals surface area contributed by atoms with Crippen LogP contribution in [0.15, 0.2) is 0 Å².